The zero-order chi connectivity index (χ0) is 16.8. The molecule has 0 bridgehead atoms. The molecule has 1 rings (SSSR count). The Hall–Kier alpha value is -1.83. The van der Waals surface area contributed by atoms with Crippen molar-refractivity contribution in [1.29, 1.82) is 0 Å². The highest BCUT2D eigenvalue weighted by atomic mass is 19.4. The summed E-state index contributed by atoms with van der Waals surface area (Å²) in [5, 5.41) is 11.0. The largest absolute Gasteiger partial charge is 0.416 e. The molecule has 0 saturated carbocycles. The molecular formula is C14H18F4N2O2. The fourth-order valence-corrected chi connectivity index (χ4v) is 1.78. The molecule has 0 fully saturated rings. The first-order valence-corrected chi connectivity index (χ1v) is 6.83. The highest BCUT2D eigenvalue weighted by Gasteiger charge is 2.31. The number of aliphatic hydroxyl groups excluding tert-OH is 1. The van der Waals surface area contributed by atoms with E-state index in [0.717, 1.165) is 6.42 Å². The first-order chi connectivity index (χ1) is 10.3. The highest BCUT2D eigenvalue weighted by Crippen LogP contribution is 2.31. The lowest BCUT2D eigenvalue weighted by Gasteiger charge is -2.22. The number of halogens is 4. The molecule has 1 aromatic carbocycles. The second-order valence-electron chi connectivity index (χ2n) is 4.69. The third kappa shape index (κ3) is 5.18. The van der Waals surface area contributed by atoms with E-state index in [-0.39, 0.29) is 13.2 Å². The van der Waals surface area contributed by atoms with Crippen molar-refractivity contribution in [2.75, 3.05) is 25.0 Å². The molecule has 2 N–H and O–H groups in total. The fourth-order valence-electron chi connectivity index (χ4n) is 1.78. The number of urea groups is 1. The topological polar surface area (TPSA) is 52.6 Å². The van der Waals surface area contributed by atoms with Crippen LogP contribution in [-0.2, 0) is 6.18 Å². The molecule has 0 aliphatic rings. The molecule has 8 heteroatoms. The van der Waals surface area contributed by atoms with E-state index >= 15 is 0 Å². The van der Waals surface area contributed by atoms with Crippen molar-refractivity contribution < 1.29 is 27.5 Å². The lowest BCUT2D eigenvalue weighted by Crippen LogP contribution is -2.38. The maximum Gasteiger partial charge on any atom is 0.416 e. The van der Waals surface area contributed by atoms with E-state index in [4.69, 9.17) is 5.11 Å². The molecular weight excluding hydrogens is 304 g/mol. The zero-order valence-electron chi connectivity index (χ0n) is 12.1. The normalized spacial score (nSPS) is 11.4. The molecule has 0 aliphatic heterocycles. The molecule has 0 spiro atoms. The van der Waals surface area contributed by atoms with Gasteiger partial charge >= 0.3 is 12.2 Å². The van der Waals surface area contributed by atoms with E-state index in [1.54, 1.807) is 0 Å². The Kier molecular flexibility index (Phi) is 6.61. The summed E-state index contributed by atoms with van der Waals surface area (Å²) in [6, 6.07) is 1.05. The fraction of sp³-hybridized carbons (Fsp3) is 0.500. The van der Waals surface area contributed by atoms with Gasteiger partial charge in [0.15, 0.2) is 0 Å². The van der Waals surface area contributed by atoms with Crippen LogP contribution in [0.2, 0.25) is 0 Å². The van der Waals surface area contributed by atoms with Crippen molar-refractivity contribution in [3.05, 3.63) is 29.6 Å². The average molecular weight is 322 g/mol. The van der Waals surface area contributed by atoms with Crippen LogP contribution >= 0.6 is 0 Å². The monoisotopic (exact) mass is 322 g/mol. The van der Waals surface area contributed by atoms with Crippen LogP contribution in [0.25, 0.3) is 0 Å². The van der Waals surface area contributed by atoms with Crippen molar-refractivity contribution in [1.82, 2.24) is 4.90 Å². The number of rotatable bonds is 6. The van der Waals surface area contributed by atoms with Gasteiger partial charge in [0.1, 0.15) is 5.82 Å². The number of unbranched alkanes of at least 4 members (excludes halogenated alkanes) is 1. The zero-order valence-corrected chi connectivity index (χ0v) is 12.1. The van der Waals surface area contributed by atoms with Gasteiger partial charge < -0.3 is 15.3 Å². The summed E-state index contributed by atoms with van der Waals surface area (Å²) in [6.07, 6.45) is -3.16. The number of carbonyl (C=O) groups excluding carboxylic acids is 1. The van der Waals surface area contributed by atoms with E-state index in [0.29, 0.717) is 31.2 Å². The van der Waals surface area contributed by atoms with Crippen molar-refractivity contribution >= 4 is 11.7 Å². The third-order valence-corrected chi connectivity index (χ3v) is 2.97. The molecule has 0 heterocycles. The van der Waals surface area contributed by atoms with Gasteiger partial charge in [-0.1, -0.05) is 13.3 Å². The predicted octanol–water partition coefficient (Wildman–Crippen LogP) is 3.47. The number of amides is 2. The van der Waals surface area contributed by atoms with Gasteiger partial charge in [-0.2, -0.15) is 13.2 Å². The summed E-state index contributed by atoms with van der Waals surface area (Å²) in [6.45, 7) is 1.96. The molecule has 22 heavy (non-hydrogen) atoms. The molecule has 0 saturated heterocycles. The van der Waals surface area contributed by atoms with Crippen molar-refractivity contribution in [3.63, 3.8) is 0 Å². The number of hydrogen-bond acceptors (Lipinski definition) is 2. The summed E-state index contributed by atoms with van der Waals surface area (Å²) in [5.41, 5.74) is -1.59. The van der Waals surface area contributed by atoms with Gasteiger partial charge in [0, 0.05) is 13.1 Å². The first kappa shape index (κ1) is 18.2. The molecule has 0 atom stereocenters. The van der Waals surface area contributed by atoms with E-state index < -0.39 is 29.3 Å². The average Bonchev–Trinajstić information content (AvgIpc) is 2.44. The second-order valence-corrected chi connectivity index (χ2v) is 4.69. The minimum atomic E-state index is -4.62. The molecule has 0 unspecified atom stereocenters. The van der Waals surface area contributed by atoms with Crippen LogP contribution in [0.5, 0.6) is 0 Å². The van der Waals surface area contributed by atoms with E-state index in [2.05, 4.69) is 5.32 Å². The first-order valence-electron chi connectivity index (χ1n) is 6.83. The van der Waals surface area contributed by atoms with Gasteiger partial charge in [0.05, 0.1) is 17.9 Å². The minimum Gasteiger partial charge on any atom is -0.395 e. The van der Waals surface area contributed by atoms with Crippen LogP contribution in [0.4, 0.5) is 28.0 Å². The third-order valence-electron chi connectivity index (χ3n) is 2.97. The van der Waals surface area contributed by atoms with Crippen LogP contribution in [-0.4, -0.2) is 35.7 Å². The summed E-state index contributed by atoms with van der Waals surface area (Å²) >= 11 is 0. The molecule has 0 radical (unpaired) electrons. The van der Waals surface area contributed by atoms with Crippen LogP contribution in [0.15, 0.2) is 18.2 Å². The molecule has 0 aromatic heterocycles. The number of carbonyl (C=O) groups is 1. The van der Waals surface area contributed by atoms with Crippen LogP contribution in [0, 0.1) is 5.82 Å². The molecule has 0 aliphatic carbocycles. The van der Waals surface area contributed by atoms with Gasteiger partial charge in [-0.15, -0.1) is 0 Å². The quantitative estimate of drug-likeness (QED) is 0.788. The van der Waals surface area contributed by atoms with Gasteiger partial charge in [-0.05, 0) is 24.6 Å². The number of anilines is 1. The van der Waals surface area contributed by atoms with Crippen molar-refractivity contribution in [3.8, 4) is 0 Å². The predicted molar refractivity (Wildman–Crippen MR) is 74.0 cm³/mol. The summed E-state index contributed by atoms with van der Waals surface area (Å²) < 4.78 is 51.4. The van der Waals surface area contributed by atoms with E-state index in [9.17, 15) is 22.4 Å². The SMILES string of the molecule is CCCCN(CCO)C(=O)Nc1cc(C(F)(F)F)ccc1F. The lowest BCUT2D eigenvalue weighted by molar-refractivity contribution is -0.137. The molecule has 1 aromatic rings. The van der Waals surface area contributed by atoms with Gasteiger partial charge in [-0.25, -0.2) is 9.18 Å². The van der Waals surface area contributed by atoms with Crippen LogP contribution in [0.3, 0.4) is 0 Å². The molecule has 124 valence electrons. The van der Waals surface area contributed by atoms with E-state index in [1.807, 2.05) is 6.92 Å². The number of nitrogens with one attached hydrogen (secondary N) is 1. The lowest BCUT2D eigenvalue weighted by atomic mass is 10.2. The Bertz CT molecular complexity index is 506. The van der Waals surface area contributed by atoms with Crippen molar-refractivity contribution in [2.45, 2.75) is 25.9 Å². The number of aliphatic hydroxyl groups is 1. The Morgan fingerprint density at radius 3 is 2.55 bits per heavy atom. The summed E-state index contributed by atoms with van der Waals surface area (Å²) in [7, 11) is 0. The Labute approximate surface area is 125 Å². The van der Waals surface area contributed by atoms with Crippen LogP contribution in [0.1, 0.15) is 25.3 Å². The van der Waals surface area contributed by atoms with Gasteiger partial charge in [0.25, 0.3) is 0 Å². The molecule has 4 nitrogen and oxygen atoms in total. The number of nitrogens with zero attached hydrogens (tertiary/aromatic N) is 1. The van der Waals surface area contributed by atoms with Crippen LogP contribution < -0.4 is 5.32 Å². The van der Waals surface area contributed by atoms with E-state index in [1.165, 1.54) is 4.90 Å². The Morgan fingerprint density at radius 2 is 2.00 bits per heavy atom. The second kappa shape index (κ2) is 7.98. The Morgan fingerprint density at radius 1 is 1.32 bits per heavy atom. The number of alkyl halides is 3. The standard InChI is InChI=1S/C14H18F4N2O2/c1-2-3-6-20(7-8-21)13(22)19-12-9-10(14(16,17)18)4-5-11(12)15/h4-5,9,21H,2-3,6-8H2,1H3,(H,19,22). The highest BCUT2D eigenvalue weighted by molar-refractivity contribution is 5.89. The van der Waals surface area contributed by atoms with Crippen molar-refractivity contribution in [2.24, 2.45) is 0 Å². The molecule has 2 amide bonds. The summed E-state index contributed by atoms with van der Waals surface area (Å²) in [4.78, 5) is 13.2. The summed E-state index contributed by atoms with van der Waals surface area (Å²) in [5.74, 6) is -0.958. The van der Waals surface area contributed by atoms with Gasteiger partial charge in [0.2, 0.25) is 0 Å². The van der Waals surface area contributed by atoms with Gasteiger partial charge in [-0.3, -0.25) is 0 Å². The minimum absolute atomic E-state index is 0.0203. The number of benzene rings is 1. The smallest absolute Gasteiger partial charge is 0.395 e. The number of hydrogen-bond donors (Lipinski definition) is 2. The maximum absolute atomic E-state index is 13.6. The maximum atomic E-state index is 13.6. The Balaban J connectivity index is 2.89.